The summed E-state index contributed by atoms with van der Waals surface area (Å²) in [7, 11) is 0. The second-order valence-corrected chi connectivity index (χ2v) is 17.5. The van der Waals surface area contributed by atoms with E-state index >= 15 is 0 Å². The maximum absolute atomic E-state index is 5.51. The van der Waals surface area contributed by atoms with Crippen molar-refractivity contribution >= 4 is 108 Å². The number of hydrogen-bond acceptors (Lipinski definition) is 3. The molecule has 0 aliphatic rings. The highest BCUT2D eigenvalue weighted by atomic mass is 32.1. The molecule has 0 aliphatic heterocycles. The zero-order valence-electron chi connectivity index (χ0n) is 33.8. The summed E-state index contributed by atoms with van der Waals surface area (Å²) in [5.41, 5.74) is 11.0. The van der Waals surface area contributed by atoms with E-state index in [9.17, 15) is 0 Å². The highest BCUT2D eigenvalue weighted by Gasteiger charge is 2.21. The SMILES string of the molecule is c1ccc2cc3c(cc2c1)c1ccc(-n2c4ccccc4c4ccccc42)cc1n3-c1cccc2c(-c3nc(-c4cccc5c4sc4ccccc45)c4ccccc4n3)cccc12. The van der Waals surface area contributed by atoms with Gasteiger partial charge in [0.25, 0.3) is 0 Å². The summed E-state index contributed by atoms with van der Waals surface area (Å²) in [6, 6.07) is 74.9. The fraction of sp³-hybridized carbons (Fsp3) is 0. The van der Waals surface area contributed by atoms with Crippen LogP contribution in [0.2, 0.25) is 0 Å². The van der Waals surface area contributed by atoms with Crippen LogP contribution in [0.25, 0.3) is 130 Å². The summed E-state index contributed by atoms with van der Waals surface area (Å²) in [5, 5.41) is 13.2. The van der Waals surface area contributed by atoms with E-state index in [1.165, 1.54) is 69.0 Å². The lowest BCUT2D eigenvalue weighted by Gasteiger charge is -2.15. The Bertz CT molecular complexity index is 4170. The number of thiophene rings is 1. The Kier molecular flexibility index (Phi) is 7.24. The van der Waals surface area contributed by atoms with Gasteiger partial charge in [-0.3, -0.25) is 0 Å². The largest absolute Gasteiger partial charge is 0.309 e. The van der Waals surface area contributed by atoms with Crippen LogP contribution in [0.3, 0.4) is 0 Å². The van der Waals surface area contributed by atoms with Crippen molar-refractivity contribution in [2.45, 2.75) is 0 Å². The molecule has 5 heteroatoms. The van der Waals surface area contributed by atoms with Gasteiger partial charge in [-0.2, -0.15) is 0 Å². The quantitative estimate of drug-likeness (QED) is 0.177. The summed E-state index contributed by atoms with van der Waals surface area (Å²) in [6.07, 6.45) is 0. The second kappa shape index (κ2) is 13.2. The van der Waals surface area contributed by atoms with Crippen LogP contribution in [-0.4, -0.2) is 19.1 Å². The maximum atomic E-state index is 5.51. The molecule has 0 aliphatic carbocycles. The van der Waals surface area contributed by atoms with Crippen molar-refractivity contribution in [2.75, 3.05) is 0 Å². The molecule has 14 rings (SSSR count). The normalized spacial score (nSPS) is 12.1. The fourth-order valence-corrected chi connectivity index (χ4v) is 11.5. The Labute approximate surface area is 365 Å². The van der Waals surface area contributed by atoms with E-state index in [4.69, 9.17) is 9.97 Å². The van der Waals surface area contributed by atoms with E-state index in [2.05, 4.69) is 215 Å². The standard InChI is InChI=1S/C58H34N4S/c1-2-15-36-33-53-48(32-35(36)14-1)42-31-30-37(61-50-26-8-4-16-40(50)41-17-5-9-27-51(41)61)34-54(42)62(53)52-28-13-20-38-39(52)21-11-23-45(38)58-59-49-25-7-3-19-46(49)56(60-58)47-24-12-22-44-43-18-6-10-29-55(43)63-57(44)47/h1-34H. The van der Waals surface area contributed by atoms with Crippen LogP contribution in [0.1, 0.15) is 0 Å². The number of nitrogens with zero attached hydrogens (tertiary/aromatic N) is 4. The van der Waals surface area contributed by atoms with Crippen molar-refractivity contribution in [2.24, 2.45) is 0 Å². The molecule has 4 nitrogen and oxygen atoms in total. The summed E-state index contributed by atoms with van der Waals surface area (Å²) in [6.45, 7) is 0. The minimum absolute atomic E-state index is 0.714. The minimum Gasteiger partial charge on any atom is -0.309 e. The van der Waals surface area contributed by atoms with Gasteiger partial charge in [-0.05, 0) is 70.8 Å². The number of fused-ring (bicyclic) bond motifs is 12. The van der Waals surface area contributed by atoms with Crippen molar-refractivity contribution in [3.63, 3.8) is 0 Å². The van der Waals surface area contributed by atoms with Crippen molar-refractivity contribution in [1.82, 2.24) is 19.1 Å². The van der Waals surface area contributed by atoms with Crippen molar-refractivity contribution in [3.8, 4) is 34.0 Å². The Hall–Kier alpha value is -8.12. The highest BCUT2D eigenvalue weighted by molar-refractivity contribution is 7.26. The fourth-order valence-electron chi connectivity index (χ4n) is 10.3. The smallest absolute Gasteiger partial charge is 0.161 e. The Balaban J connectivity index is 1.03. The first-order chi connectivity index (χ1) is 31.2. The van der Waals surface area contributed by atoms with E-state index in [1.54, 1.807) is 0 Å². The van der Waals surface area contributed by atoms with E-state index in [0.29, 0.717) is 5.82 Å². The van der Waals surface area contributed by atoms with E-state index in [1.807, 2.05) is 11.3 Å². The molecule has 0 amide bonds. The molecule has 63 heavy (non-hydrogen) atoms. The molecule has 0 atom stereocenters. The predicted molar refractivity (Wildman–Crippen MR) is 267 cm³/mol. The van der Waals surface area contributed by atoms with Gasteiger partial charge in [0.05, 0.1) is 39.0 Å². The molecule has 14 aromatic rings. The van der Waals surface area contributed by atoms with Crippen molar-refractivity contribution in [3.05, 3.63) is 206 Å². The van der Waals surface area contributed by atoms with Crippen LogP contribution in [-0.2, 0) is 0 Å². The number of benzene rings is 10. The first-order valence-corrected chi connectivity index (χ1v) is 22.2. The molecule has 0 saturated carbocycles. The average molecular weight is 819 g/mol. The molecule has 0 N–H and O–H groups in total. The molecule has 0 fully saturated rings. The van der Waals surface area contributed by atoms with Gasteiger partial charge in [0.15, 0.2) is 5.82 Å². The van der Waals surface area contributed by atoms with Crippen molar-refractivity contribution in [1.29, 1.82) is 0 Å². The number of para-hydroxylation sites is 3. The van der Waals surface area contributed by atoms with Crippen LogP contribution >= 0.6 is 11.3 Å². The molecule has 0 spiro atoms. The molecular formula is C58H34N4S. The molecular weight excluding hydrogens is 785 g/mol. The van der Waals surface area contributed by atoms with Crippen LogP contribution in [0, 0.1) is 0 Å². The molecule has 4 aromatic heterocycles. The Morgan fingerprint density at radius 3 is 1.78 bits per heavy atom. The predicted octanol–water partition coefficient (Wildman–Crippen LogP) is 15.8. The van der Waals surface area contributed by atoms with Crippen LogP contribution in [0.5, 0.6) is 0 Å². The molecule has 0 bridgehead atoms. The maximum Gasteiger partial charge on any atom is 0.161 e. The Morgan fingerprint density at radius 2 is 0.952 bits per heavy atom. The lowest BCUT2D eigenvalue weighted by molar-refractivity contribution is 1.16. The molecule has 10 aromatic carbocycles. The third-order valence-electron chi connectivity index (χ3n) is 13.1. The summed E-state index contributed by atoms with van der Waals surface area (Å²) >= 11 is 1.83. The van der Waals surface area contributed by atoms with E-state index in [-0.39, 0.29) is 0 Å². The first kappa shape index (κ1) is 34.6. The zero-order chi connectivity index (χ0) is 41.2. The summed E-state index contributed by atoms with van der Waals surface area (Å²) in [5.74, 6) is 0.714. The van der Waals surface area contributed by atoms with Gasteiger partial charge in [0, 0.05) is 69.3 Å². The molecule has 0 unspecified atom stereocenters. The molecule has 4 heterocycles. The van der Waals surface area contributed by atoms with Gasteiger partial charge in [-0.15, -0.1) is 11.3 Å². The monoisotopic (exact) mass is 818 g/mol. The molecule has 0 radical (unpaired) electrons. The summed E-state index contributed by atoms with van der Waals surface area (Å²) < 4.78 is 7.42. The van der Waals surface area contributed by atoms with Gasteiger partial charge in [0.2, 0.25) is 0 Å². The van der Waals surface area contributed by atoms with Gasteiger partial charge in [-0.25, -0.2) is 9.97 Å². The number of hydrogen-bond donors (Lipinski definition) is 0. The average Bonchev–Trinajstić information content (AvgIpc) is 4.00. The lowest BCUT2D eigenvalue weighted by Crippen LogP contribution is -1.99. The second-order valence-electron chi connectivity index (χ2n) is 16.5. The van der Waals surface area contributed by atoms with Crippen LogP contribution < -0.4 is 0 Å². The minimum atomic E-state index is 0.714. The third kappa shape index (κ3) is 5.03. The molecule has 0 saturated heterocycles. The van der Waals surface area contributed by atoms with E-state index in [0.717, 1.165) is 55.4 Å². The number of rotatable bonds is 4. The first-order valence-electron chi connectivity index (χ1n) is 21.4. The topological polar surface area (TPSA) is 35.6 Å². The van der Waals surface area contributed by atoms with Crippen LogP contribution in [0.4, 0.5) is 0 Å². The zero-order valence-corrected chi connectivity index (χ0v) is 34.6. The van der Waals surface area contributed by atoms with Crippen molar-refractivity contribution < 1.29 is 0 Å². The highest BCUT2D eigenvalue weighted by Crippen LogP contribution is 2.44. The van der Waals surface area contributed by atoms with Crippen LogP contribution in [0.15, 0.2) is 206 Å². The van der Waals surface area contributed by atoms with Gasteiger partial charge in [0.1, 0.15) is 0 Å². The van der Waals surface area contributed by atoms with Gasteiger partial charge >= 0.3 is 0 Å². The van der Waals surface area contributed by atoms with Gasteiger partial charge in [-0.1, -0.05) is 152 Å². The van der Waals surface area contributed by atoms with Gasteiger partial charge < -0.3 is 9.13 Å². The summed E-state index contributed by atoms with van der Waals surface area (Å²) in [4.78, 5) is 10.8. The lowest BCUT2D eigenvalue weighted by atomic mass is 10.0. The molecule has 292 valence electrons. The Morgan fingerprint density at radius 1 is 0.349 bits per heavy atom. The number of aromatic nitrogens is 4. The third-order valence-corrected chi connectivity index (χ3v) is 14.3. The van der Waals surface area contributed by atoms with E-state index < -0.39 is 0 Å².